The average Bonchev–Trinajstić information content (AvgIpc) is 2.74. The molecule has 104 valence electrons. The summed E-state index contributed by atoms with van der Waals surface area (Å²) in [5.74, 6) is 0. The van der Waals surface area contributed by atoms with Crippen LogP contribution in [0.3, 0.4) is 0 Å². The number of hydrogen-bond acceptors (Lipinski definition) is 2. The highest BCUT2D eigenvalue weighted by Crippen LogP contribution is 2.34. The Morgan fingerprint density at radius 2 is 2.00 bits per heavy atom. The molecule has 2 aliphatic rings. The number of nitrogens with zero attached hydrogens (tertiary/aromatic N) is 1. The highest BCUT2D eigenvalue weighted by Gasteiger charge is 2.36. The van der Waals surface area contributed by atoms with Crippen LogP contribution in [0, 0.1) is 6.92 Å². The van der Waals surface area contributed by atoms with Crippen LogP contribution in [0.5, 0.6) is 0 Å². The van der Waals surface area contributed by atoms with E-state index in [1.807, 2.05) is 6.07 Å². The molecule has 3 heteroatoms. The second-order valence-electron chi connectivity index (χ2n) is 6.12. The number of anilines is 1. The first-order chi connectivity index (χ1) is 9.19. The second kappa shape index (κ2) is 5.34. The summed E-state index contributed by atoms with van der Waals surface area (Å²) in [5.41, 5.74) is 3.01. The van der Waals surface area contributed by atoms with E-state index in [9.17, 15) is 0 Å². The maximum absolute atomic E-state index is 6.19. The van der Waals surface area contributed by atoms with Crippen molar-refractivity contribution in [2.45, 2.75) is 44.6 Å². The summed E-state index contributed by atoms with van der Waals surface area (Å²) in [6, 6.07) is 6.25. The predicted octanol–water partition coefficient (Wildman–Crippen LogP) is 3.76. The molecule has 3 rings (SSSR count). The van der Waals surface area contributed by atoms with Gasteiger partial charge in [0, 0.05) is 29.3 Å². The van der Waals surface area contributed by atoms with Crippen molar-refractivity contribution in [3.8, 4) is 0 Å². The van der Waals surface area contributed by atoms with Crippen molar-refractivity contribution in [1.82, 2.24) is 5.32 Å². The fourth-order valence-corrected chi connectivity index (χ4v) is 3.81. The summed E-state index contributed by atoms with van der Waals surface area (Å²) < 4.78 is 0. The molecule has 0 aromatic heterocycles. The van der Waals surface area contributed by atoms with E-state index < -0.39 is 0 Å². The van der Waals surface area contributed by atoms with Gasteiger partial charge in [-0.05, 0) is 50.4 Å². The number of hydrogen-bond donors (Lipinski definition) is 1. The molecule has 1 saturated carbocycles. The van der Waals surface area contributed by atoms with Gasteiger partial charge in [-0.25, -0.2) is 0 Å². The van der Waals surface area contributed by atoms with E-state index in [0.717, 1.165) is 24.7 Å². The highest BCUT2D eigenvalue weighted by molar-refractivity contribution is 6.30. The van der Waals surface area contributed by atoms with Crippen LogP contribution < -0.4 is 10.2 Å². The van der Waals surface area contributed by atoms with E-state index in [-0.39, 0.29) is 0 Å². The summed E-state index contributed by atoms with van der Waals surface area (Å²) in [6.45, 7) is 5.60. The van der Waals surface area contributed by atoms with E-state index in [1.54, 1.807) is 0 Å². The largest absolute Gasteiger partial charge is 0.369 e. The molecule has 2 fully saturated rings. The zero-order valence-electron chi connectivity index (χ0n) is 11.7. The van der Waals surface area contributed by atoms with Crippen molar-refractivity contribution in [3.05, 3.63) is 28.8 Å². The Kier molecular flexibility index (Phi) is 3.72. The molecule has 0 amide bonds. The van der Waals surface area contributed by atoms with Crippen LogP contribution in [-0.2, 0) is 0 Å². The standard InChI is InChI=1S/C16H23ClN2/c1-13-5-6-14(17)11-15(13)19-10-4-9-18-16(12-19)7-2-3-8-16/h5-6,11,18H,2-4,7-10,12H2,1H3. The molecule has 0 radical (unpaired) electrons. The number of benzene rings is 1. The third kappa shape index (κ3) is 2.75. The minimum atomic E-state index is 0.352. The van der Waals surface area contributed by atoms with Crippen LogP contribution >= 0.6 is 11.6 Å². The summed E-state index contributed by atoms with van der Waals surface area (Å²) in [5, 5.41) is 4.66. The third-order valence-electron chi connectivity index (χ3n) is 4.67. The van der Waals surface area contributed by atoms with Crippen molar-refractivity contribution >= 4 is 17.3 Å². The van der Waals surface area contributed by atoms with Gasteiger partial charge in [-0.15, -0.1) is 0 Å². The molecule has 1 spiro atoms. The maximum Gasteiger partial charge on any atom is 0.0426 e. The zero-order chi connectivity index (χ0) is 13.3. The number of rotatable bonds is 1. The quantitative estimate of drug-likeness (QED) is 0.841. The molecule has 1 aromatic carbocycles. The van der Waals surface area contributed by atoms with Gasteiger partial charge < -0.3 is 10.2 Å². The number of nitrogens with one attached hydrogen (secondary N) is 1. The normalized spacial score (nSPS) is 22.7. The maximum atomic E-state index is 6.19. The van der Waals surface area contributed by atoms with Gasteiger partial charge in [0.2, 0.25) is 0 Å². The molecule has 0 unspecified atom stereocenters. The molecular weight excluding hydrogens is 256 g/mol. The van der Waals surface area contributed by atoms with Gasteiger partial charge in [-0.1, -0.05) is 30.5 Å². The van der Waals surface area contributed by atoms with Crippen LogP contribution in [0.1, 0.15) is 37.7 Å². The molecule has 0 atom stereocenters. The smallest absolute Gasteiger partial charge is 0.0426 e. The lowest BCUT2D eigenvalue weighted by atomic mass is 9.96. The molecule has 19 heavy (non-hydrogen) atoms. The fraction of sp³-hybridized carbons (Fsp3) is 0.625. The topological polar surface area (TPSA) is 15.3 Å². The molecule has 1 aliphatic heterocycles. The van der Waals surface area contributed by atoms with Gasteiger partial charge in [0.25, 0.3) is 0 Å². The molecule has 2 nitrogen and oxygen atoms in total. The minimum Gasteiger partial charge on any atom is -0.369 e. The van der Waals surface area contributed by atoms with Crippen LogP contribution in [-0.4, -0.2) is 25.2 Å². The lowest BCUT2D eigenvalue weighted by Gasteiger charge is -2.35. The van der Waals surface area contributed by atoms with E-state index in [2.05, 4.69) is 29.3 Å². The first kappa shape index (κ1) is 13.3. The second-order valence-corrected chi connectivity index (χ2v) is 6.56. The Bertz CT molecular complexity index is 452. The van der Waals surface area contributed by atoms with Gasteiger partial charge in [-0.2, -0.15) is 0 Å². The Morgan fingerprint density at radius 3 is 2.79 bits per heavy atom. The van der Waals surface area contributed by atoms with Crippen LogP contribution in [0.25, 0.3) is 0 Å². The zero-order valence-corrected chi connectivity index (χ0v) is 12.5. The van der Waals surface area contributed by atoms with Gasteiger partial charge >= 0.3 is 0 Å². The molecule has 1 aliphatic carbocycles. The van der Waals surface area contributed by atoms with Gasteiger partial charge in [0.05, 0.1) is 0 Å². The molecule has 0 bridgehead atoms. The predicted molar refractivity (Wildman–Crippen MR) is 82.2 cm³/mol. The summed E-state index contributed by atoms with van der Waals surface area (Å²) in [4.78, 5) is 2.55. The van der Waals surface area contributed by atoms with Crippen molar-refractivity contribution in [3.63, 3.8) is 0 Å². The van der Waals surface area contributed by atoms with E-state index >= 15 is 0 Å². The summed E-state index contributed by atoms with van der Waals surface area (Å²) in [7, 11) is 0. The first-order valence-corrected chi connectivity index (χ1v) is 7.83. The lowest BCUT2D eigenvalue weighted by Crippen LogP contribution is -2.49. The summed E-state index contributed by atoms with van der Waals surface area (Å²) in [6.07, 6.45) is 6.60. The highest BCUT2D eigenvalue weighted by atomic mass is 35.5. The molecule has 1 N–H and O–H groups in total. The monoisotopic (exact) mass is 278 g/mol. The summed E-state index contributed by atoms with van der Waals surface area (Å²) >= 11 is 6.19. The fourth-order valence-electron chi connectivity index (χ4n) is 3.64. The Labute approximate surface area is 121 Å². The van der Waals surface area contributed by atoms with Crippen molar-refractivity contribution in [2.24, 2.45) is 0 Å². The molecular formula is C16H23ClN2. The number of aryl methyl sites for hydroxylation is 1. The Hall–Kier alpha value is -0.730. The number of halogens is 1. The Balaban J connectivity index is 1.88. The molecule has 1 aromatic rings. The van der Waals surface area contributed by atoms with Gasteiger partial charge in [-0.3, -0.25) is 0 Å². The van der Waals surface area contributed by atoms with Gasteiger partial charge in [0.15, 0.2) is 0 Å². The first-order valence-electron chi connectivity index (χ1n) is 7.45. The SMILES string of the molecule is Cc1ccc(Cl)cc1N1CCCNC2(CCCC2)C1. The lowest BCUT2D eigenvalue weighted by molar-refractivity contribution is 0.354. The van der Waals surface area contributed by atoms with Crippen LogP contribution in [0.2, 0.25) is 5.02 Å². The van der Waals surface area contributed by atoms with Crippen LogP contribution in [0.15, 0.2) is 18.2 Å². The van der Waals surface area contributed by atoms with Crippen LogP contribution in [0.4, 0.5) is 5.69 Å². The average molecular weight is 279 g/mol. The van der Waals surface area contributed by atoms with E-state index in [1.165, 1.54) is 43.4 Å². The minimum absolute atomic E-state index is 0.352. The third-order valence-corrected chi connectivity index (χ3v) is 4.91. The van der Waals surface area contributed by atoms with Crippen molar-refractivity contribution in [1.29, 1.82) is 0 Å². The van der Waals surface area contributed by atoms with Crippen molar-refractivity contribution in [2.75, 3.05) is 24.5 Å². The Morgan fingerprint density at radius 1 is 1.21 bits per heavy atom. The molecule has 1 heterocycles. The van der Waals surface area contributed by atoms with E-state index in [0.29, 0.717) is 5.54 Å². The van der Waals surface area contributed by atoms with Crippen molar-refractivity contribution < 1.29 is 0 Å². The van der Waals surface area contributed by atoms with E-state index in [4.69, 9.17) is 11.6 Å². The van der Waals surface area contributed by atoms with Gasteiger partial charge in [0.1, 0.15) is 0 Å². The molecule has 1 saturated heterocycles.